The molecule has 6 heteroatoms. The molecule has 3 aromatic rings. The van der Waals surface area contributed by atoms with Crippen LogP contribution in [-0.4, -0.2) is 9.13 Å². The highest BCUT2D eigenvalue weighted by atomic mass is 35.5. The predicted octanol–water partition coefficient (Wildman–Crippen LogP) is 3.41. The lowest BCUT2D eigenvalue weighted by molar-refractivity contribution is 0.612. The lowest BCUT2D eigenvalue weighted by atomic mass is 10.2. The van der Waals surface area contributed by atoms with Gasteiger partial charge in [0.2, 0.25) is 0 Å². The van der Waals surface area contributed by atoms with Crippen LogP contribution in [0.25, 0.3) is 0 Å². The molecule has 0 unspecified atom stereocenters. The number of benzene rings is 2. The lowest BCUT2D eigenvalue weighted by Gasteiger charge is -2.10. The van der Waals surface area contributed by atoms with E-state index in [9.17, 15) is 9.59 Å². The Hall–Kier alpha value is -2.30. The topological polar surface area (TPSA) is 44.0 Å². The molecular weight excluding hydrogens is 347 g/mol. The van der Waals surface area contributed by atoms with Gasteiger partial charge in [0.15, 0.2) is 0 Å². The minimum absolute atomic E-state index is 0.205. The maximum absolute atomic E-state index is 12.6. The van der Waals surface area contributed by atoms with Gasteiger partial charge in [-0.05, 0) is 35.4 Å². The highest BCUT2D eigenvalue weighted by Gasteiger charge is 2.07. The molecule has 122 valence electrons. The summed E-state index contributed by atoms with van der Waals surface area (Å²) in [6.07, 6.45) is 1.51. The van der Waals surface area contributed by atoms with Crippen molar-refractivity contribution in [2.45, 2.75) is 13.1 Å². The van der Waals surface area contributed by atoms with Gasteiger partial charge in [0.05, 0.1) is 13.1 Å². The smallest absolute Gasteiger partial charge is 0.296 e. The fourth-order valence-electron chi connectivity index (χ4n) is 2.38. The molecule has 24 heavy (non-hydrogen) atoms. The first-order chi connectivity index (χ1) is 11.5. The van der Waals surface area contributed by atoms with Crippen molar-refractivity contribution in [2.75, 3.05) is 0 Å². The van der Waals surface area contributed by atoms with E-state index in [1.54, 1.807) is 36.4 Å². The van der Waals surface area contributed by atoms with Crippen LogP contribution in [-0.2, 0) is 13.1 Å². The second-order valence-electron chi connectivity index (χ2n) is 5.40. The van der Waals surface area contributed by atoms with Gasteiger partial charge in [-0.25, -0.2) is 4.79 Å². The first-order valence-corrected chi connectivity index (χ1v) is 8.08. The Morgan fingerprint density at radius 1 is 0.708 bits per heavy atom. The van der Waals surface area contributed by atoms with Crippen LogP contribution in [0.2, 0.25) is 10.0 Å². The van der Waals surface area contributed by atoms with Crippen molar-refractivity contribution in [1.29, 1.82) is 0 Å². The number of rotatable bonds is 4. The van der Waals surface area contributed by atoms with Gasteiger partial charge in [0.25, 0.3) is 5.56 Å². The Labute approximate surface area is 148 Å². The average Bonchev–Trinajstić information content (AvgIpc) is 2.58. The van der Waals surface area contributed by atoms with E-state index in [2.05, 4.69) is 0 Å². The highest BCUT2D eigenvalue weighted by Crippen LogP contribution is 2.11. The van der Waals surface area contributed by atoms with Gasteiger partial charge in [0.1, 0.15) is 0 Å². The zero-order valence-corrected chi connectivity index (χ0v) is 14.2. The van der Waals surface area contributed by atoms with Gasteiger partial charge in [-0.1, -0.05) is 47.5 Å². The van der Waals surface area contributed by atoms with E-state index in [1.165, 1.54) is 21.4 Å². The Morgan fingerprint density at radius 3 is 1.75 bits per heavy atom. The van der Waals surface area contributed by atoms with E-state index in [1.807, 2.05) is 12.1 Å². The number of nitrogens with zero attached hydrogens (tertiary/aromatic N) is 2. The third kappa shape index (κ3) is 3.78. The quantitative estimate of drug-likeness (QED) is 0.715. The molecular formula is C18H14Cl2N2O2. The van der Waals surface area contributed by atoms with Crippen LogP contribution in [0, 0.1) is 0 Å². The fraction of sp³-hybridized carbons (Fsp3) is 0.111. The summed E-state index contributed by atoms with van der Waals surface area (Å²) in [6.45, 7) is 0.577. The van der Waals surface area contributed by atoms with Crippen LogP contribution in [0.1, 0.15) is 11.1 Å². The molecule has 2 aromatic carbocycles. The Balaban J connectivity index is 1.92. The molecule has 0 N–H and O–H groups in total. The van der Waals surface area contributed by atoms with E-state index < -0.39 is 0 Å². The van der Waals surface area contributed by atoms with Crippen LogP contribution in [0.15, 0.2) is 70.4 Å². The number of hydrogen-bond acceptors (Lipinski definition) is 2. The lowest BCUT2D eigenvalue weighted by Crippen LogP contribution is -2.39. The fourth-order valence-corrected chi connectivity index (χ4v) is 2.63. The molecule has 0 atom stereocenters. The molecule has 0 spiro atoms. The zero-order chi connectivity index (χ0) is 17.1. The summed E-state index contributed by atoms with van der Waals surface area (Å²) in [4.78, 5) is 24.7. The molecule has 0 radical (unpaired) electrons. The Kier molecular flexibility index (Phi) is 4.88. The normalized spacial score (nSPS) is 10.8. The molecule has 1 heterocycles. The maximum atomic E-state index is 12.6. The van der Waals surface area contributed by atoms with E-state index in [-0.39, 0.29) is 17.8 Å². The van der Waals surface area contributed by atoms with Gasteiger partial charge in [-0.2, -0.15) is 0 Å². The number of hydrogen-bond donors (Lipinski definition) is 0. The van der Waals surface area contributed by atoms with Crippen molar-refractivity contribution < 1.29 is 0 Å². The molecule has 0 saturated heterocycles. The van der Waals surface area contributed by atoms with E-state index in [0.717, 1.165) is 11.1 Å². The van der Waals surface area contributed by atoms with Crippen molar-refractivity contribution in [3.63, 3.8) is 0 Å². The summed E-state index contributed by atoms with van der Waals surface area (Å²) < 4.78 is 2.71. The Bertz CT molecular complexity index is 958. The zero-order valence-electron chi connectivity index (χ0n) is 12.7. The van der Waals surface area contributed by atoms with Crippen molar-refractivity contribution in [3.8, 4) is 0 Å². The van der Waals surface area contributed by atoms with Crippen LogP contribution < -0.4 is 11.2 Å². The van der Waals surface area contributed by atoms with Crippen LogP contribution in [0.3, 0.4) is 0 Å². The van der Waals surface area contributed by atoms with Crippen molar-refractivity contribution in [2.24, 2.45) is 0 Å². The van der Waals surface area contributed by atoms with Gasteiger partial charge < -0.3 is 0 Å². The molecule has 0 fully saturated rings. The first kappa shape index (κ1) is 16.6. The SMILES string of the molecule is O=c1ccn(Cc2ccc(Cl)cc2)c(=O)n1Cc1ccc(Cl)cc1. The number of aromatic nitrogens is 2. The second-order valence-corrected chi connectivity index (χ2v) is 6.28. The third-order valence-electron chi connectivity index (χ3n) is 3.66. The molecule has 0 aliphatic rings. The monoisotopic (exact) mass is 360 g/mol. The minimum Gasteiger partial charge on any atom is -0.296 e. The Morgan fingerprint density at radius 2 is 1.21 bits per heavy atom. The summed E-state index contributed by atoms with van der Waals surface area (Å²) in [7, 11) is 0. The van der Waals surface area contributed by atoms with Crippen molar-refractivity contribution in [3.05, 3.63) is 103 Å². The van der Waals surface area contributed by atoms with Crippen LogP contribution in [0.5, 0.6) is 0 Å². The van der Waals surface area contributed by atoms with E-state index in [0.29, 0.717) is 16.6 Å². The van der Waals surface area contributed by atoms with E-state index in [4.69, 9.17) is 23.2 Å². The summed E-state index contributed by atoms with van der Waals surface area (Å²) in [5.41, 5.74) is 1.08. The van der Waals surface area contributed by atoms with Crippen LogP contribution >= 0.6 is 23.2 Å². The standard InChI is InChI=1S/C18H14Cl2N2O2/c19-15-5-1-13(2-6-15)11-21-10-9-17(23)22(18(21)24)12-14-3-7-16(20)8-4-14/h1-10H,11-12H2. The molecule has 0 saturated carbocycles. The van der Waals surface area contributed by atoms with Gasteiger partial charge in [-0.15, -0.1) is 0 Å². The maximum Gasteiger partial charge on any atom is 0.331 e. The minimum atomic E-state index is -0.354. The molecule has 0 aliphatic heterocycles. The second kappa shape index (κ2) is 7.07. The third-order valence-corrected chi connectivity index (χ3v) is 4.16. The average molecular weight is 361 g/mol. The molecule has 3 rings (SSSR count). The predicted molar refractivity (Wildman–Crippen MR) is 96.1 cm³/mol. The molecule has 0 amide bonds. The first-order valence-electron chi connectivity index (χ1n) is 7.32. The van der Waals surface area contributed by atoms with Gasteiger partial charge in [0, 0.05) is 22.3 Å². The van der Waals surface area contributed by atoms with E-state index >= 15 is 0 Å². The summed E-state index contributed by atoms with van der Waals surface area (Å²) in [5.74, 6) is 0. The number of halogens is 2. The summed E-state index contributed by atoms with van der Waals surface area (Å²) in [6, 6.07) is 15.7. The molecule has 0 aliphatic carbocycles. The van der Waals surface area contributed by atoms with Crippen molar-refractivity contribution in [1.82, 2.24) is 9.13 Å². The van der Waals surface area contributed by atoms with Gasteiger partial charge in [-0.3, -0.25) is 13.9 Å². The summed E-state index contributed by atoms with van der Waals surface area (Å²) >= 11 is 11.7. The summed E-state index contributed by atoms with van der Waals surface area (Å²) in [5, 5.41) is 1.25. The highest BCUT2D eigenvalue weighted by molar-refractivity contribution is 6.30. The van der Waals surface area contributed by atoms with Gasteiger partial charge >= 0.3 is 5.69 Å². The molecule has 4 nitrogen and oxygen atoms in total. The van der Waals surface area contributed by atoms with Crippen molar-refractivity contribution >= 4 is 23.2 Å². The van der Waals surface area contributed by atoms with Crippen LogP contribution in [0.4, 0.5) is 0 Å². The molecule has 0 bridgehead atoms. The molecule has 1 aromatic heterocycles. The largest absolute Gasteiger partial charge is 0.331 e.